The highest BCUT2D eigenvalue weighted by Crippen LogP contribution is 2.20. The minimum Gasteiger partial charge on any atom is -0.508 e. The van der Waals surface area contributed by atoms with Gasteiger partial charge in [0.2, 0.25) is 0 Å². The second-order valence-corrected chi connectivity index (χ2v) is 4.14. The van der Waals surface area contributed by atoms with E-state index in [0.717, 1.165) is 18.8 Å². The molecule has 0 saturated carbocycles. The van der Waals surface area contributed by atoms with E-state index in [9.17, 15) is 0 Å². The Kier molecular flexibility index (Phi) is 12.9. The van der Waals surface area contributed by atoms with Gasteiger partial charge in [-0.25, -0.2) is 0 Å². The maximum atomic E-state index is 9.10. The van der Waals surface area contributed by atoms with Crippen LogP contribution < -0.4 is 0 Å². The summed E-state index contributed by atoms with van der Waals surface area (Å²) in [5, 5.41) is 24.4. The van der Waals surface area contributed by atoms with Crippen LogP contribution >= 0.6 is 0 Å². The van der Waals surface area contributed by atoms with Gasteiger partial charge < -0.3 is 20.1 Å². The van der Waals surface area contributed by atoms with Crippen molar-refractivity contribution in [2.75, 3.05) is 26.4 Å². The molecular formula is C18H26O4. The Morgan fingerprint density at radius 3 is 1.55 bits per heavy atom. The van der Waals surface area contributed by atoms with Gasteiger partial charge in [0, 0.05) is 13.2 Å². The third-order valence-electron chi connectivity index (χ3n) is 2.48. The van der Waals surface area contributed by atoms with Crippen LogP contribution in [0.25, 0.3) is 11.1 Å². The fraction of sp³-hybridized carbons (Fsp3) is 0.333. The minimum absolute atomic E-state index is 0.125. The Morgan fingerprint density at radius 1 is 0.727 bits per heavy atom. The van der Waals surface area contributed by atoms with E-state index in [1.165, 1.54) is 5.56 Å². The summed E-state index contributed by atoms with van der Waals surface area (Å²) in [5.74, 6) is 0.305. The first-order valence-corrected chi connectivity index (χ1v) is 7.33. The molecule has 0 radical (unpaired) electrons. The van der Waals surface area contributed by atoms with Gasteiger partial charge in [-0.2, -0.15) is 0 Å². The molecule has 0 saturated heterocycles. The number of aliphatic hydroxyl groups excluding tert-OH is 2. The molecule has 2 aromatic carbocycles. The molecule has 0 amide bonds. The van der Waals surface area contributed by atoms with E-state index in [1.54, 1.807) is 12.1 Å². The maximum absolute atomic E-state index is 9.10. The Labute approximate surface area is 132 Å². The van der Waals surface area contributed by atoms with Crippen LogP contribution in [0.4, 0.5) is 0 Å². The molecule has 0 heterocycles. The highest BCUT2D eigenvalue weighted by molar-refractivity contribution is 5.63. The predicted octanol–water partition coefficient (Wildman–Crippen LogP) is 3.07. The third kappa shape index (κ3) is 9.94. The molecular weight excluding hydrogens is 280 g/mol. The van der Waals surface area contributed by atoms with Gasteiger partial charge in [-0.1, -0.05) is 42.5 Å². The molecule has 0 aromatic heterocycles. The second-order valence-electron chi connectivity index (χ2n) is 4.14. The standard InChI is InChI=1S/C12H10O.C4H10O.C2H6O2/c13-12-8-6-11(7-9-12)10-4-2-1-3-5-10;1-3-5-4-2;3-1-2-4/h1-9,13H;3-4H2,1-2H3;3-4H,1-2H2. The van der Waals surface area contributed by atoms with Gasteiger partial charge in [-0.3, -0.25) is 0 Å². The first-order valence-electron chi connectivity index (χ1n) is 7.33. The van der Waals surface area contributed by atoms with Gasteiger partial charge >= 0.3 is 0 Å². The fourth-order valence-corrected chi connectivity index (χ4v) is 1.49. The first kappa shape index (κ1) is 20.1. The van der Waals surface area contributed by atoms with E-state index in [4.69, 9.17) is 20.1 Å². The van der Waals surface area contributed by atoms with Gasteiger partial charge in [0.15, 0.2) is 0 Å². The van der Waals surface area contributed by atoms with Crippen LogP contribution in [-0.2, 0) is 4.74 Å². The quantitative estimate of drug-likeness (QED) is 0.812. The van der Waals surface area contributed by atoms with Crippen molar-refractivity contribution in [1.29, 1.82) is 0 Å². The van der Waals surface area contributed by atoms with Crippen molar-refractivity contribution in [1.82, 2.24) is 0 Å². The summed E-state index contributed by atoms with van der Waals surface area (Å²) in [7, 11) is 0. The predicted molar refractivity (Wildman–Crippen MR) is 89.9 cm³/mol. The zero-order chi connectivity index (χ0) is 16.6. The number of aliphatic hydroxyl groups is 2. The number of phenols is 1. The lowest BCUT2D eigenvalue weighted by atomic mass is 10.1. The number of hydrogen-bond donors (Lipinski definition) is 3. The molecule has 0 aliphatic rings. The Balaban J connectivity index is 0.000000411. The molecule has 0 fully saturated rings. The first-order chi connectivity index (χ1) is 10.7. The fourth-order valence-electron chi connectivity index (χ4n) is 1.49. The smallest absolute Gasteiger partial charge is 0.115 e. The van der Waals surface area contributed by atoms with Crippen molar-refractivity contribution in [3.63, 3.8) is 0 Å². The molecule has 0 spiro atoms. The number of rotatable bonds is 4. The highest BCUT2D eigenvalue weighted by Gasteiger charge is 1.94. The number of benzene rings is 2. The molecule has 0 unspecified atom stereocenters. The van der Waals surface area contributed by atoms with Crippen LogP contribution in [0.2, 0.25) is 0 Å². The van der Waals surface area contributed by atoms with Gasteiger partial charge in [-0.05, 0) is 37.1 Å². The van der Waals surface area contributed by atoms with Crippen LogP contribution in [0.15, 0.2) is 54.6 Å². The molecule has 0 aliphatic carbocycles. The van der Waals surface area contributed by atoms with Gasteiger partial charge in [-0.15, -0.1) is 0 Å². The molecule has 3 N–H and O–H groups in total. The lowest BCUT2D eigenvalue weighted by molar-refractivity contribution is 0.162. The maximum Gasteiger partial charge on any atom is 0.115 e. The normalized spacial score (nSPS) is 9.09. The summed E-state index contributed by atoms with van der Waals surface area (Å²) in [6, 6.07) is 17.3. The molecule has 4 nitrogen and oxygen atoms in total. The van der Waals surface area contributed by atoms with Crippen LogP contribution in [0, 0.1) is 0 Å². The van der Waals surface area contributed by atoms with E-state index in [1.807, 2.05) is 56.3 Å². The summed E-state index contributed by atoms with van der Waals surface area (Å²) in [4.78, 5) is 0. The number of ether oxygens (including phenoxy) is 1. The Bertz CT molecular complexity index is 450. The lowest BCUT2D eigenvalue weighted by Gasteiger charge is -2.00. The van der Waals surface area contributed by atoms with Crippen molar-refractivity contribution in [2.24, 2.45) is 0 Å². The van der Waals surface area contributed by atoms with Crippen LogP contribution in [0.3, 0.4) is 0 Å². The summed E-state index contributed by atoms with van der Waals surface area (Å²) in [6.45, 7) is 5.42. The highest BCUT2D eigenvalue weighted by atomic mass is 16.5. The van der Waals surface area contributed by atoms with Crippen LogP contribution in [0.1, 0.15) is 13.8 Å². The average Bonchev–Trinajstić information content (AvgIpc) is 2.58. The van der Waals surface area contributed by atoms with Crippen molar-refractivity contribution in [3.8, 4) is 16.9 Å². The molecule has 2 rings (SSSR count). The summed E-state index contributed by atoms with van der Waals surface area (Å²) in [6.07, 6.45) is 0. The average molecular weight is 306 g/mol. The van der Waals surface area contributed by atoms with Crippen molar-refractivity contribution >= 4 is 0 Å². The lowest BCUT2D eigenvalue weighted by Crippen LogP contribution is -1.85. The summed E-state index contributed by atoms with van der Waals surface area (Å²) >= 11 is 0. The van der Waals surface area contributed by atoms with Crippen LogP contribution in [0.5, 0.6) is 5.75 Å². The van der Waals surface area contributed by atoms with Crippen molar-refractivity contribution < 1.29 is 20.1 Å². The minimum atomic E-state index is -0.125. The van der Waals surface area contributed by atoms with E-state index in [0.29, 0.717) is 5.75 Å². The SMILES string of the molecule is CCOCC.OCCO.Oc1ccc(-c2ccccc2)cc1. The molecule has 4 heteroatoms. The van der Waals surface area contributed by atoms with E-state index < -0.39 is 0 Å². The molecule has 0 aliphatic heterocycles. The molecule has 0 bridgehead atoms. The van der Waals surface area contributed by atoms with E-state index in [-0.39, 0.29) is 13.2 Å². The summed E-state index contributed by atoms with van der Waals surface area (Å²) < 4.78 is 4.83. The Hall–Kier alpha value is -1.88. The van der Waals surface area contributed by atoms with Gasteiger partial charge in [0.05, 0.1) is 13.2 Å². The molecule has 122 valence electrons. The zero-order valence-electron chi connectivity index (χ0n) is 13.3. The van der Waals surface area contributed by atoms with E-state index >= 15 is 0 Å². The molecule has 2 aromatic rings. The van der Waals surface area contributed by atoms with Crippen molar-refractivity contribution in [3.05, 3.63) is 54.6 Å². The van der Waals surface area contributed by atoms with Gasteiger partial charge in [0.1, 0.15) is 5.75 Å². The van der Waals surface area contributed by atoms with Crippen LogP contribution in [-0.4, -0.2) is 41.7 Å². The van der Waals surface area contributed by atoms with Crippen molar-refractivity contribution in [2.45, 2.75) is 13.8 Å². The van der Waals surface area contributed by atoms with Gasteiger partial charge in [0.25, 0.3) is 0 Å². The number of hydrogen-bond acceptors (Lipinski definition) is 4. The third-order valence-corrected chi connectivity index (χ3v) is 2.48. The number of phenolic OH excluding ortho intramolecular Hbond substituents is 1. The largest absolute Gasteiger partial charge is 0.508 e. The summed E-state index contributed by atoms with van der Waals surface area (Å²) in [5.41, 5.74) is 2.29. The Morgan fingerprint density at radius 2 is 1.18 bits per heavy atom. The zero-order valence-corrected chi connectivity index (χ0v) is 13.3. The monoisotopic (exact) mass is 306 g/mol. The number of aromatic hydroxyl groups is 1. The topological polar surface area (TPSA) is 69.9 Å². The molecule has 22 heavy (non-hydrogen) atoms. The van der Waals surface area contributed by atoms with E-state index in [2.05, 4.69) is 0 Å². The second kappa shape index (κ2) is 14.1. The molecule has 0 atom stereocenters.